The number of para-hydroxylation sites is 1. The fourth-order valence-electron chi connectivity index (χ4n) is 2.99. The van der Waals surface area contributed by atoms with Gasteiger partial charge in [0.2, 0.25) is 0 Å². The second kappa shape index (κ2) is 7.95. The molecule has 0 unspecified atom stereocenters. The molecule has 1 N–H and O–H groups in total. The third-order valence-corrected chi connectivity index (χ3v) is 4.88. The molecule has 0 amide bonds. The highest BCUT2D eigenvalue weighted by atomic mass is 79.9. The van der Waals surface area contributed by atoms with Gasteiger partial charge in [-0.15, -0.1) is 0 Å². The number of hydrogen-bond donors (Lipinski definition) is 1. The summed E-state index contributed by atoms with van der Waals surface area (Å²) in [6.07, 6.45) is 2.42. The first-order chi connectivity index (χ1) is 11.2. The minimum absolute atomic E-state index is 0.663. The molecule has 0 aliphatic carbocycles. The third-order valence-electron chi connectivity index (χ3n) is 4.39. The summed E-state index contributed by atoms with van der Waals surface area (Å²) in [6, 6.07) is 16.9. The molecule has 2 aromatic rings. The van der Waals surface area contributed by atoms with Crippen molar-refractivity contribution in [3.8, 4) is 11.5 Å². The minimum atomic E-state index is 0.663. The Morgan fingerprint density at radius 1 is 1.13 bits per heavy atom. The Labute approximate surface area is 146 Å². The Hall–Kier alpha value is -1.36. The molecule has 4 heteroatoms. The summed E-state index contributed by atoms with van der Waals surface area (Å²) in [7, 11) is 2.06. The lowest BCUT2D eigenvalue weighted by Gasteiger charge is -2.32. The summed E-state index contributed by atoms with van der Waals surface area (Å²) in [5.74, 6) is 1.81. The summed E-state index contributed by atoms with van der Waals surface area (Å²) in [6.45, 7) is 3.20. The van der Waals surface area contributed by atoms with Gasteiger partial charge in [0, 0.05) is 22.6 Å². The molecule has 122 valence electrons. The van der Waals surface area contributed by atoms with Gasteiger partial charge >= 0.3 is 0 Å². The largest absolute Gasteiger partial charge is 0.457 e. The topological polar surface area (TPSA) is 24.5 Å². The van der Waals surface area contributed by atoms with Crippen LogP contribution in [0.15, 0.2) is 53.0 Å². The Morgan fingerprint density at radius 3 is 2.57 bits per heavy atom. The van der Waals surface area contributed by atoms with Crippen molar-refractivity contribution in [3.63, 3.8) is 0 Å². The molecule has 1 heterocycles. The standard InChI is InChI=1S/C19H23BrN2O/c1-21-17-9-11-22(12-10-17)14-15-7-8-16(20)13-19(15)23-18-5-3-2-4-6-18/h2-8,13,17,21H,9-12,14H2,1H3. The van der Waals surface area contributed by atoms with Crippen LogP contribution < -0.4 is 10.1 Å². The van der Waals surface area contributed by atoms with Crippen molar-refractivity contribution < 1.29 is 4.74 Å². The van der Waals surface area contributed by atoms with E-state index >= 15 is 0 Å². The van der Waals surface area contributed by atoms with Crippen LogP contribution in [0.5, 0.6) is 11.5 Å². The number of nitrogens with one attached hydrogen (secondary N) is 1. The number of rotatable bonds is 5. The van der Waals surface area contributed by atoms with Gasteiger partial charge in [-0.3, -0.25) is 4.90 Å². The highest BCUT2D eigenvalue weighted by Crippen LogP contribution is 2.30. The van der Waals surface area contributed by atoms with Gasteiger partial charge in [-0.05, 0) is 57.2 Å². The van der Waals surface area contributed by atoms with Crippen LogP contribution in [0.1, 0.15) is 18.4 Å². The third kappa shape index (κ3) is 4.56. The highest BCUT2D eigenvalue weighted by molar-refractivity contribution is 9.10. The van der Waals surface area contributed by atoms with Crippen molar-refractivity contribution in [2.24, 2.45) is 0 Å². The second-order valence-corrected chi connectivity index (χ2v) is 6.92. The molecule has 1 fully saturated rings. The molecule has 0 spiro atoms. The minimum Gasteiger partial charge on any atom is -0.457 e. The Bertz CT molecular complexity index is 625. The normalized spacial score (nSPS) is 16.4. The molecular weight excluding hydrogens is 352 g/mol. The van der Waals surface area contributed by atoms with Crippen LogP contribution in [0.25, 0.3) is 0 Å². The van der Waals surface area contributed by atoms with Crippen LogP contribution in [0.2, 0.25) is 0 Å². The average molecular weight is 375 g/mol. The van der Waals surface area contributed by atoms with Crippen LogP contribution in [-0.2, 0) is 6.54 Å². The molecule has 0 saturated carbocycles. The van der Waals surface area contributed by atoms with E-state index in [0.29, 0.717) is 6.04 Å². The van der Waals surface area contributed by atoms with E-state index in [1.807, 2.05) is 30.3 Å². The van der Waals surface area contributed by atoms with E-state index in [4.69, 9.17) is 4.74 Å². The molecule has 0 bridgehead atoms. The zero-order valence-electron chi connectivity index (χ0n) is 13.5. The van der Waals surface area contributed by atoms with E-state index in [2.05, 4.69) is 51.4 Å². The maximum absolute atomic E-state index is 6.11. The van der Waals surface area contributed by atoms with Gasteiger partial charge in [0.25, 0.3) is 0 Å². The van der Waals surface area contributed by atoms with Crippen molar-refractivity contribution in [1.82, 2.24) is 10.2 Å². The van der Waals surface area contributed by atoms with Gasteiger partial charge in [0.05, 0.1) is 0 Å². The van der Waals surface area contributed by atoms with E-state index in [0.717, 1.165) is 35.6 Å². The number of piperidine rings is 1. The molecule has 1 aliphatic rings. The van der Waals surface area contributed by atoms with Gasteiger partial charge in [0.15, 0.2) is 0 Å². The SMILES string of the molecule is CNC1CCN(Cc2ccc(Br)cc2Oc2ccccc2)CC1. The predicted octanol–water partition coefficient (Wildman–Crippen LogP) is 4.43. The van der Waals surface area contributed by atoms with Gasteiger partial charge < -0.3 is 10.1 Å². The molecule has 23 heavy (non-hydrogen) atoms. The molecule has 0 atom stereocenters. The van der Waals surface area contributed by atoms with E-state index < -0.39 is 0 Å². The van der Waals surface area contributed by atoms with Crippen LogP contribution >= 0.6 is 15.9 Å². The van der Waals surface area contributed by atoms with E-state index in [1.54, 1.807) is 0 Å². The number of halogens is 1. The van der Waals surface area contributed by atoms with Crippen LogP contribution in [-0.4, -0.2) is 31.1 Å². The smallest absolute Gasteiger partial charge is 0.133 e. The molecule has 0 radical (unpaired) electrons. The Morgan fingerprint density at radius 2 is 1.87 bits per heavy atom. The fourth-order valence-corrected chi connectivity index (χ4v) is 3.33. The van der Waals surface area contributed by atoms with Crippen molar-refractivity contribution in [2.45, 2.75) is 25.4 Å². The van der Waals surface area contributed by atoms with Crippen molar-refractivity contribution >= 4 is 15.9 Å². The average Bonchev–Trinajstić information content (AvgIpc) is 2.59. The maximum Gasteiger partial charge on any atom is 0.133 e. The number of nitrogens with zero attached hydrogens (tertiary/aromatic N) is 1. The van der Waals surface area contributed by atoms with Crippen LogP contribution in [0.3, 0.4) is 0 Å². The van der Waals surface area contributed by atoms with Crippen LogP contribution in [0.4, 0.5) is 0 Å². The van der Waals surface area contributed by atoms with Crippen molar-refractivity contribution in [3.05, 3.63) is 58.6 Å². The molecular formula is C19H23BrN2O. The first-order valence-corrected chi connectivity index (χ1v) is 8.95. The highest BCUT2D eigenvalue weighted by Gasteiger charge is 2.19. The summed E-state index contributed by atoms with van der Waals surface area (Å²) >= 11 is 3.55. The lowest BCUT2D eigenvalue weighted by molar-refractivity contribution is 0.193. The van der Waals surface area contributed by atoms with Crippen molar-refractivity contribution in [2.75, 3.05) is 20.1 Å². The summed E-state index contributed by atoms with van der Waals surface area (Å²) in [4.78, 5) is 2.51. The Balaban J connectivity index is 1.72. The van der Waals surface area contributed by atoms with Crippen LogP contribution in [0, 0.1) is 0 Å². The van der Waals surface area contributed by atoms with Crippen molar-refractivity contribution in [1.29, 1.82) is 0 Å². The summed E-state index contributed by atoms with van der Waals surface area (Å²) < 4.78 is 7.15. The monoisotopic (exact) mass is 374 g/mol. The van der Waals surface area contributed by atoms with E-state index in [1.165, 1.54) is 18.4 Å². The lowest BCUT2D eigenvalue weighted by atomic mass is 10.0. The number of hydrogen-bond acceptors (Lipinski definition) is 3. The van der Waals surface area contributed by atoms with E-state index in [-0.39, 0.29) is 0 Å². The number of likely N-dealkylation sites (tertiary alicyclic amines) is 1. The summed E-state index contributed by atoms with van der Waals surface area (Å²) in [5, 5.41) is 3.38. The first-order valence-electron chi connectivity index (χ1n) is 8.15. The quantitative estimate of drug-likeness (QED) is 0.837. The zero-order chi connectivity index (χ0) is 16.1. The summed E-state index contributed by atoms with van der Waals surface area (Å²) in [5.41, 5.74) is 1.24. The zero-order valence-corrected chi connectivity index (χ0v) is 15.1. The molecule has 3 rings (SSSR count). The molecule has 2 aromatic carbocycles. The second-order valence-electron chi connectivity index (χ2n) is 6.01. The van der Waals surface area contributed by atoms with Gasteiger partial charge in [-0.25, -0.2) is 0 Å². The maximum atomic E-state index is 6.11. The predicted molar refractivity (Wildman–Crippen MR) is 98.0 cm³/mol. The van der Waals surface area contributed by atoms with E-state index in [9.17, 15) is 0 Å². The first kappa shape index (κ1) is 16.5. The van der Waals surface area contributed by atoms with Gasteiger partial charge in [0.1, 0.15) is 11.5 Å². The molecule has 0 aromatic heterocycles. The Kier molecular flexibility index (Phi) is 5.70. The number of ether oxygens (including phenoxy) is 1. The fraction of sp³-hybridized carbons (Fsp3) is 0.368. The van der Waals surface area contributed by atoms with Gasteiger partial charge in [-0.1, -0.05) is 40.2 Å². The van der Waals surface area contributed by atoms with Gasteiger partial charge in [-0.2, -0.15) is 0 Å². The molecule has 3 nitrogen and oxygen atoms in total. The molecule has 1 saturated heterocycles. The lowest BCUT2D eigenvalue weighted by Crippen LogP contribution is -2.40. The number of benzene rings is 2. The molecule has 1 aliphatic heterocycles.